The molecule has 0 radical (unpaired) electrons. The van der Waals surface area contributed by atoms with Gasteiger partial charge in [-0.2, -0.15) is 0 Å². The van der Waals surface area contributed by atoms with Crippen LogP contribution in [0, 0.1) is 13.8 Å². The van der Waals surface area contributed by atoms with E-state index in [1.54, 1.807) is 16.2 Å². The highest BCUT2D eigenvalue weighted by atomic mass is 32.1. The van der Waals surface area contributed by atoms with E-state index in [4.69, 9.17) is 4.98 Å². The summed E-state index contributed by atoms with van der Waals surface area (Å²) in [5.41, 5.74) is 6.29. The molecule has 0 aliphatic carbocycles. The van der Waals surface area contributed by atoms with Gasteiger partial charge in [0.05, 0.1) is 45.0 Å². The lowest BCUT2D eigenvalue weighted by molar-refractivity contribution is -0.880. The summed E-state index contributed by atoms with van der Waals surface area (Å²) < 4.78 is 2.43. The molecule has 3 aromatic rings. The SMILES string of the molecule is Cc1cc(-c2csc(N3CC[NH+](C)CC3)n2)c(C)n1[C@@H](C)c1ccccc1. The van der Waals surface area contributed by atoms with Crippen molar-refractivity contribution in [2.24, 2.45) is 0 Å². The largest absolute Gasteiger partial charge is 0.341 e. The molecule has 1 saturated heterocycles. The Morgan fingerprint density at radius 1 is 1.11 bits per heavy atom. The Labute approximate surface area is 166 Å². The summed E-state index contributed by atoms with van der Waals surface area (Å²) in [4.78, 5) is 9.05. The van der Waals surface area contributed by atoms with Gasteiger partial charge in [-0.05, 0) is 32.4 Å². The zero-order valence-corrected chi connectivity index (χ0v) is 17.5. The maximum Gasteiger partial charge on any atom is 0.186 e. The Hall–Kier alpha value is -2.11. The van der Waals surface area contributed by atoms with Gasteiger partial charge in [0.15, 0.2) is 5.13 Å². The summed E-state index contributed by atoms with van der Waals surface area (Å²) in [6.45, 7) is 11.3. The van der Waals surface area contributed by atoms with E-state index in [9.17, 15) is 0 Å². The number of benzene rings is 1. The van der Waals surface area contributed by atoms with Gasteiger partial charge in [-0.3, -0.25) is 0 Å². The van der Waals surface area contributed by atoms with Crippen LogP contribution in [0.2, 0.25) is 0 Å². The number of quaternary nitrogens is 1. The van der Waals surface area contributed by atoms with Gasteiger partial charge in [-0.25, -0.2) is 4.98 Å². The average molecular weight is 382 g/mol. The van der Waals surface area contributed by atoms with E-state index < -0.39 is 0 Å². The molecule has 0 spiro atoms. The van der Waals surface area contributed by atoms with Crippen LogP contribution in [0.1, 0.15) is 29.9 Å². The quantitative estimate of drug-likeness (QED) is 0.751. The van der Waals surface area contributed by atoms with Gasteiger partial charge in [0.2, 0.25) is 0 Å². The predicted molar refractivity (Wildman–Crippen MR) is 114 cm³/mol. The van der Waals surface area contributed by atoms with Crippen molar-refractivity contribution in [3.63, 3.8) is 0 Å². The zero-order valence-electron chi connectivity index (χ0n) is 16.7. The maximum atomic E-state index is 5.00. The number of anilines is 1. The number of nitrogens with zero attached hydrogens (tertiary/aromatic N) is 3. The van der Waals surface area contributed by atoms with Gasteiger partial charge >= 0.3 is 0 Å². The second-order valence-corrected chi connectivity index (χ2v) is 8.54. The summed E-state index contributed by atoms with van der Waals surface area (Å²) in [7, 11) is 2.27. The monoisotopic (exact) mass is 381 g/mol. The smallest absolute Gasteiger partial charge is 0.186 e. The number of likely N-dealkylation sites (N-methyl/N-ethyl adjacent to an activating group) is 1. The molecule has 4 rings (SSSR count). The fourth-order valence-corrected chi connectivity index (χ4v) is 5.01. The lowest BCUT2D eigenvalue weighted by Crippen LogP contribution is -3.12. The van der Waals surface area contributed by atoms with E-state index in [0.29, 0.717) is 6.04 Å². The van der Waals surface area contributed by atoms with Crippen molar-refractivity contribution in [2.75, 3.05) is 38.1 Å². The summed E-state index contributed by atoms with van der Waals surface area (Å²) >= 11 is 1.78. The summed E-state index contributed by atoms with van der Waals surface area (Å²) in [6.07, 6.45) is 0. The first kappa shape index (κ1) is 18.3. The van der Waals surface area contributed by atoms with Crippen LogP contribution in [0.15, 0.2) is 41.8 Å². The Morgan fingerprint density at radius 2 is 1.81 bits per heavy atom. The van der Waals surface area contributed by atoms with Crippen molar-refractivity contribution in [1.29, 1.82) is 0 Å². The molecular formula is C22H29N4S+. The van der Waals surface area contributed by atoms with Crippen molar-refractivity contribution in [2.45, 2.75) is 26.8 Å². The molecule has 27 heavy (non-hydrogen) atoms. The number of aromatic nitrogens is 2. The third-order valence-corrected chi connectivity index (χ3v) is 6.71. The molecule has 142 valence electrons. The molecule has 1 fully saturated rings. The Balaban J connectivity index is 1.62. The van der Waals surface area contributed by atoms with Gasteiger partial charge in [0.25, 0.3) is 0 Å². The van der Waals surface area contributed by atoms with Crippen LogP contribution in [0.4, 0.5) is 5.13 Å². The van der Waals surface area contributed by atoms with Gasteiger partial charge in [0, 0.05) is 22.3 Å². The van der Waals surface area contributed by atoms with Crippen molar-refractivity contribution < 1.29 is 4.90 Å². The van der Waals surface area contributed by atoms with Crippen LogP contribution in [-0.2, 0) is 0 Å². The van der Waals surface area contributed by atoms with Crippen molar-refractivity contribution in [3.05, 3.63) is 58.7 Å². The number of rotatable bonds is 4. The van der Waals surface area contributed by atoms with Crippen molar-refractivity contribution in [3.8, 4) is 11.3 Å². The minimum atomic E-state index is 0.318. The van der Waals surface area contributed by atoms with Crippen LogP contribution < -0.4 is 9.80 Å². The Kier molecular flexibility index (Phi) is 5.06. The highest BCUT2D eigenvalue weighted by molar-refractivity contribution is 7.14. The molecule has 5 heteroatoms. The predicted octanol–water partition coefficient (Wildman–Crippen LogP) is 3.17. The number of hydrogen-bond acceptors (Lipinski definition) is 3. The molecule has 2 aromatic heterocycles. The van der Waals surface area contributed by atoms with E-state index in [1.165, 1.54) is 40.7 Å². The molecule has 1 atom stereocenters. The molecule has 0 unspecified atom stereocenters. The molecule has 0 bridgehead atoms. The van der Waals surface area contributed by atoms with Crippen LogP contribution in [-0.4, -0.2) is 42.8 Å². The van der Waals surface area contributed by atoms with Crippen molar-refractivity contribution >= 4 is 16.5 Å². The van der Waals surface area contributed by atoms with Crippen molar-refractivity contribution in [1.82, 2.24) is 9.55 Å². The second kappa shape index (κ2) is 7.49. The van der Waals surface area contributed by atoms with E-state index in [1.807, 2.05) is 0 Å². The van der Waals surface area contributed by atoms with Crippen LogP contribution in [0.25, 0.3) is 11.3 Å². The fourth-order valence-electron chi connectivity index (χ4n) is 4.13. The third-order valence-electron chi connectivity index (χ3n) is 5.81. The van der Waals surface area contributed by atoms with Gasteiger partial charge in [0.1, 0.15) is 0 Å². The Bertz CT molecular complexity index is 904. The summed E-state index contributed by atoms with van der Waals surface area (Å²) in [5, 5.41) is 3.39. The molecule has 0 amide bonds. The van der Waals surface area contributed by atoms with E-state index >= 15 is 0 Å². The maximum absolute atomic E-state index is 5.00. The number of aryl methyl sites for hydroxylation is 1. The van der Waals surface area contributed by atoms with Gasteiger partial charge in [-0.1, -0.05) is 30.3 Å². The van der Waals surface area contributed by atoms with Crippen LogP contribution in [0.5, 0.6) is 0 Å². The van der Waals surface area contributed by atoms with E-state index in [2.05, 4.69) is 79.1 Å². The first-order valence-electron chi connectivity index (χ1n) is 9.80. The standard InChI is InChI=1S/C22H28N4S/c1-16-14-20(18(3)26(16)17(2)19-8-6-5-7-9-19)21-15-27-22(23-21)25-12-10-24(4)11-13-25/h5-9,14-15,17H,10-13H2,1-4H3/p+1/t17-/m0/s1. The van der Waals surface area contributed by atoms with E-state index in [-0.39, 0.29) is 0 Å². The van der Waals surface area contributed by atoms with E-state index in [0.717, 1.165) is 18.8 Å². The third kappa shape index (κ3) is 3.54. The zero-order chi connectivity index (χ0) is 19.0. The normalized spacial score (nSPS) is 16.7. The van der Waals surface area contributed by atoms with Gasteiger partial charge < -0.3 is 14.4 Å². The molecule has 1 aromatic carbocycles. The topological polar surface area (TPSA) is 25.5 Å². The summed E-state index contributed by atoms with van der Waals surface area (Å²) in [6, 6.07) is 13.3. The number of piperazine rings is 1. The average Bonchev–Trinajstić information content (AvgIpc) is 3.27. The van der Waals surface area contributed by atoms with Gasteiger partial charge in [-0.15, -0.1) is 11.3 Å². The molecular weight excluding hydrogens is 352 g/mol. The Morgan fingerprint density at radius 3 is 2.52 bits per heavy atom. The van der Waals surface area contributed by atoms with Crippen LogP contribution in [0.3, 0.4) is 0 Å². The first-order chi connectivity index (χ1) is 13.0. The molecule has 1 aliphatic rings. The first-order valence-corrected chi connectivity index (χ1v) is 10.7. The number of thiazole rings is 1. The fraction of sp³-hybridized carbons (Fsp3) is 0.409. The molecule has 1 aliphatic heterocycles. The number of hydrogen-bond donors (Lipinski definition) is 1. The molecule has 1 N–H and O–H groups in total. The molecule has 3 heterocycles. The highest BCUT2D eigenvalue weighted by Crippen LogP contribution is 2.34. The lowest BCUT2D eigenvalue weighted by Gasteiger charge is -2.29. The van der Waals surface area contributed by atoms with Crippen LogP contribution >= 0.6 is 11.3 Å². The number of nitrogens with one attached hydrogen (secondary N) is 1. The molecule has 4 nitrogen and oxygen atoms in total. The highest BCUT2D eigenvalue weighted by Gasteiger charge is 2.22. The summed E-state index contributed by atoms with van der Waals surface area (Å²) in [5.74, 6) is 0. The minimum absolute atomic E-state index is 0.318. The second-order valence-electron chi connectivity index (χ2n) is 7.70. The molecule has 0 saturated carbocycles. The lowest BCUT2D eigenvalue weighted by atomic mass is 10.1. The minimum Gasteiger partial charge on any atom is -0.341 e.